The molecule has 21 heavy (non-hydrogen) atoms. The van der Waals surface area contributed by atoms with E-state index in [0.29, 0.717) is 6.04 Å². The molecule has 5 heteroatoms. The van der Waals surface area contributed by atoms with Crippen molar-refractivity contribution in [3.63, 3.8) is 0 Å². The molecule has 114 valence electrons. The number of hydrogen-bond donors (Lipinski definition) is 0. The first-order chi connectivity index (χ1) is 10.2. The van der Waals surface area contributed by atoms with Crippen LogP contribution in [-0.4, -0.2) is 38.6 Å². The van der Waals surface area contributed by atoms with Crippen LogP contribution >= 0.6 is 11.6 Å². The zero-order valence-electron chi connectivity index (χ0n) is 12.8. The number of imidazole rings is 1. The minimum Gasteiger partial charge on any atom is -0.325 e. The fraction of sp³-hybridized carbons (Fsp3) is 0.625. The number of piperidine rings is 1. The Morgan fingerprint density at radius 1 is 1.24 bits per heavy atom. The molecule has 0 saturated carbocycles. The summed E-state index contributed by atoms with van der Waals surface area (Å²) in [5.41, 5.74) is 2.07. The summed E-state index contributed by atoms with van der Waals surface area (Å²) in [6.07, 6.45) is 7.65. The summed E-state index contributed by atoms with van der Waals surface area (Å²) in [4.78, 5) is 11.4. The molecule has 0 radical (unpaired) electrons. The first-order valence-corrected chi connectivity index (χ1v) is 8.28. The normalized spacial score (nSPS) is 19.8. The minimum atomic E-state index is -0.0917. The standard InChI is InChI=1S/C16H23ClN4/c1-12(20-8-4-3-5-9-20)11-21-15-6-7-18-10-14(15)19-16(21)13(2)17/h6-7,10,12-13H,3-5,8-9,11H2,1-2H3. The maximum Gasteiger partial charge on any atom is 0.127 e. The zero-order valence-corrected chi connectivity index (χ0v) is 13.6. The Labute approximate surface area is 131 Å². The van der Waals surface area contributed by atoms with Crippen molar-refractivity contribution in [2.45, 2.75) is 51.1 Å². The van der Waals surface area contributed by atoms with Gasteiger partial charge in [-0.1, -0.05) is 6.42 Å². The predicted molar refractivity (Wildman–Crippen MR) is 86.7 cm³/mol. The molecular weight excluding hydrogens is 284 g/mol. The molecule has 0 spiro atoms. The van der Waals surface area contributed by atoms with E-state index < -0.39 is 0 Å². The minimum absolute atomic E-state index is 0.0917. The van der Waals surface area contributed by atoms with E-state index in [-0.39, 0.29) is 5.38 Å². The van der Waals surface area contributed by atoms with Gasteiger partial charge in [-0.25, -0.2) is 4.98 Å². The average Bonchev–Trinajstić information content (AvgIpc) is 2.87. The Morgan fingerprint density at radius 2 is 2.00 bits per heavy atom. The van der Waals surface area contributed by atoms with Crippen molar-refractivity contribution in [2.75, 3.05) is 13.1 Å². The topological polar surface area (TPSA) is 34.0 Å². The van der Waals surface area contributed by atoms with Crippen LogP contribution in [0.3, 0.4) is 0 Å². The molecular formula is C16H23ClN4. The van der Waals surface area contributed by atoms with Crippen LogP contribution in [0.25, 0.3) is 11.0 Å². The second-order valence-electron chi connectivity index (χ2n) is 6.01. The van der Waals surface area contributed by atoms with Crippen molar-refractivity contribution in [1.82, 2.24) is 19.4 Å². The molecule has 0 aliphatic carbocycles. The average molecular weight is 307 g/mol. The highest BCUT2D eigenvalue weighted by Gasteiger charge is 2.21. The van der Waals surface area contributed by atoms with Crippen molar-refractivity contribution >= 4 is 22.6 Å². The molecule has 0 bridgehead atoms. The van der Waals surface area contributed by atoms with Crippen molar-refractivity contribution < 1.29 is 0 Å². The monoisotopic (exact) mass is 306 g/mol. The molecule has 0 aromatic carbocycles. The van der Waals surface area contributed by atoms with E-state index in [0.717, 1.165) is 23.4 Å². The number of alkyl halides is 1. The van der Waals surface area contributed by atoms with Gasteiger partial charge in [0, 0.05) is 18.8 Å². The van der Waals surface area contributed by atoms with Crippen LogP contribution in [0.4, 0.5) is 0 Å². The van der Waals surface area contributed by atoms with Crippen LogP contribution < -0.4 is 0 Å². The van der Waals surface area contributed by atoms with Gasteiger partial charge in [0.2, 0.25) is 0 Å². The van der Waals surface area contributed by atoms with Crippen LogP contribution in [-0.2, 0) is 6.54 Å². The number of hydrogen-bond acceptors (Lipinski definition) is 3. The second kappa shape index (κ2) is 6.32. The number of likely N-dealkylation sites (tertiary alicyclic amines) is 1. The first kappa shape index (κ1) is 14.8. The molecule has 2 unspecified atom stereocenters. The van der Waals surface area contributed by atoms with Gasteiger partial charge < -0.3 is 4.57 Å². The molecule has 0 N–H and O–H groups in total. The Hall–Kier alpha value is -1.13. The lowest BCUT2D eigenvalue weighted by atomic mass is 10.1. The Balaban J connectivity index is 1.89. The van der Waals surface area contributed by atoms with Gasteiger partial charge in [0.15, 0.2) is 0 Å². The third-order valence-corrected chi connectivity index (χ3v) is 4.59. The van der Waals surface area contributed by atoms with Gasteiger partial charge in [-0.05, 0) is 45.8 Å². The Kier molecular flexibility index (Phi) is 4.45. The maximum atomic E-state index is 6.33. The van der Waals surface area contributed by atoms with Crippen LogP contribution in [0.5, 0.6) is 0 Å². The summed E-state index contributed by atoms with van der Waals surface area (Å²) < 4.78 is 2.27. The van der Waals surface area contributed by atoms with Gasteiger partial charge in [-0.2, -0.15) is 0 Å². The Bertz CT molecular complexity index is 601. The van der Waals surface area contributed by atoms with Gasteiger partial charge in [0.25, 0.3) is 0 Å². The fourth-order valence-corrected chi connectivity index (χ4v) is 3.40. The summed E-state index contributed by atoms with van der Waals surface area (Å²) in [5.74, 6) is 0.948. The van der Waals surface area contributed by atoms with Crippen molar-refractivity contribution in [3.05, 3.63) is 24.3 Å². The SMILES string of the molecule is CC(Cl)c1nc2cnccc2n1CC(C)N1CCCCC1. The molecule has 0 amide bonds. The van der Waals surface area contributed by atoms with Gasteiger partial charge in [0.05, 0.1) is 17.1 Å². The molecule has 1 aliphatic rings. The number of aromatic nitrogens is 3. The summed E-state index contributed by atoms with van der Waals surface area (Å²) >= 11 is 6.33. The lowest BCUT2D eigenvalue weighted by molar-refractivity contribution is 0.160. The van der Waals surface area contributed by atoms with Crippen LogP contribution in [0, 0.1) is 0 Å². The molecule has 2 aromatic heterocycles. The highest BCUT2D eigenvalue weighted by molar-refractivity contribution is 6.20. The third kappa shape index (κ3) is 3.06. The van der Waals surface area contributed by atoms with E-state index >= 15 is 0 Å². The van der Waals surface area contributed by atoms with Gasteiger partial charge in [-0.15, -0.1) is 11.6 Å². The summed E-state index contributed by atoms with van der Waals surface area (Å²) in [6, 6.07) is 2.54. The lowest BCUT2D eigenvalue weighted by Gasteiger charge is -2.33. The third-order valence-electron chi connectivity index (χ3n) is 4.40. The molecule has 4 nitrogen and oxygen atoms in total. The van der Waals surface area contributed by atoms with Gasteiger partial charge in [-0.3, -0.25) is 9.88 Å². The van der Waals surface area contributed by atoms with Gasteiger partial charge in [0.1, 0.15) is 11.3 Å². The van der Waals surface area contributed by atoms with Crippen molar-refractivity contribution in [2.24, 2.45) is 0 Å². The zero-order chi connectivity index (χ0) is 14.8. The number of pyridine rings is 1. The predicted octanol–water partition coefficient (Wildman–Crippen LogP) is 3.61. The first-order valence-electron chi connectivity index (χ1n) is 7.85. The van der Waals surface area contributed by atoms with E-state index in [1.165, 1.54) is 32.4 Å². The highest BCUT2D eigenvalue weighted by Crippen LogP contribution is 2.25. The van der Waals surface area contributed by atoms with Crippen molar-refractivity contribution in [1.29, 1.82) is 0 Å². The van der Waals surface area contributed by atoms with E-state index in [2.05, 4.69) is 26.4 Å². The van der Waals surface area contributed by atoms with E-state index in [9.17, 15) is 0 Å². The fourth-order valence-electron chi connectivity index (χ4n) is 3.23. The molecule has 1 fully saturated rings. The maximum absolute atomic E-state index is 6.33. The van der Waals surface area contributed by atoms with E-state index in [1.54, 1.807) is 0 Å². The van der Waals surface area contributed by atoms with E-state index in [1.807, 2.05) is 25.4 Å². The smallest absolute Gasteiger partial charge is 0.127 e. The van der Waals surface area contributed by atoms with Gasteiger partial charge >= 0.3 is 0 Å². The van der Waals surface area contributed by atoms with Crippen LogP contribution in [0.1, 0.15) is 44.3 Å². The number of nitrogens with zero attached hydrogens (tertiary/aromatic N) is 4. The Morgan fingerprint density at radius 3 is 2.71 bits per heavy atom. The molecule has 3 heterocycles. The molecule has 3 rings (SSSR count). The van der Waals surface area contributed by atoms with E-state index in [4.69, 9.17) is 11.6 Å². The highest BCUT2D eigenvalue weighted by atomic mass is 35.5. The number of rotatable bonds is 4. The quantitative estimate of drug-likeness (QED) is 0.809. The molecule has 2 aromatic rings. The molecule has 2 atom stereocenters. The summed E-state index contributed by atoms with van der Waals surface area (Å²) in [7, 11) is 0. The molecule has 1 aliphatic heterocycles. The summed E-state index contributed by atoms with van der Waals surface area (Å²) in [5, 5.41) is -0.0917. The second-order valence-corrected chi connectivity index (χ2v) is 6.66. The molecule has 1 saturated heterocycles. The number of halogens is 1. The van der Waals surface area contributed by atoms with Crippen LogP contribution in [0.15, 0.2) is 18.5 Å². The van der Waals surface area contributed by atoms with Crippen molar-refractivity contribution in [3.8, 4) is 0 Å². The van der Waals surface area contributed by atoms with Crippen LogP contribution in [0.2, 0.25) is 0 Å². The summed E-state index contributed by atoms with van der Waals surface area (Å²) in [6.45, 7) is 7.65. The lowest BCUT2D eigenvalue weighted by Crippen LogP contribution is -2.40. The largest absolute Gasteiger partial charge is 0.325 e. The number of fused-ring (bicyclic) bond motifs is 1.